The number of phenols is 2. The van der Waals surface area contributed by atoms with Crippen LogP contribution in [0.3, 0.4) is 0 Å². The molecule has 0 fully saturated rings. The van der Waals surface area contributed by atoms with Gasteiger partial charge in [0, 0.05) is 11.6 Å². The van der Waals surface area contributed by atoms with Crippen molar-refractivity contribution in [3.05, 3.63) is 64.7 Å². The van der Waals surface area contributed by atoms with E-state index >= 15 is 0 Å². The Morgan fingerprint density at radius 2 is 1.96 bits per heavy atom. The van der Waals surface area contributed by atoms with Crippen LogP contribution in [0.2, 0.25) is 0 Å². The number of hydrogen-bond acceptors (Lipinski definition) is 4. The van der Waals surface area contributed by atoms with Gasteiger partial charge < -0.3 is 14.9 Å². The maximum absolute atomic E-state index is 12.6. The topological polar surface area (TPSA) is 66.8 Å². The van der Waals surface area contributed by atoms with Crippen LogP contribution in [0.15, 0.2) is 48.0 Å². The molecule has 4 nitrogen and oxygen atoms in total. The van der Waals surface area contributed by atoms with Gasteiger partial charge in [0.25, 0.3) is 0 Å². The van der Waals surface area contributed by atoms with E-state index in [1.165, 1.54) is 6.07 Å². The highest BCUT2D eigenvalue weighted by Crippen LogP contribution is 2.44. The number of fused-ring (bicyclic) bond motifs is 1. The van der Waals surface area contributed by atoms with Crippen LogP contribution in [0.4, 0.5) is 0 Å². The number of Topliss-reactive ketones (excluding diaryl/α,β-unsaturated/α-hetero) is 1. The molecule has 1 heterocycles. The van der Waals surface area contributed by atoms with E-state index in [1.807, 2.05) is 50.3 Å². The number of ether oxygens (including phenoxy) is 1. The Kier molecular flexibility index (Phi) is 4.30. The van der Waals surface area contributed by atoms with Gasteiger partial charge in [-0.2, -0.15) is 0 Å². The molecule has 1 atom stereocenters. The first-order valence-electron chi connectivity index (χ1n) is 7.93. The molecule has 3 rings (SSSR count). The van der Waals surface area contributed by atoms with Crippen molar-refractivity contribution in [1.29, 1.82) is 0 Å². The molecular formula is C20H20O4. The number of aromatic hydroxyl groups is 2. The molecule has 0 unspecified atom stereocenters. The van der Waals surface area contributed by atoms with Gasteiger partial charge in [0.15, 0.2) is 5.78 Å². The second kappa shape index (κ2) is 6.40. The maximum Gasteiger partial charge on any atom is 0.174 e. The first kappa shape index (κ1) is 16.1. The largest absolute Gasteiger partial charge is 0.507 e. The SMILES string of the molecule is CC(C)=CCc1c(O)cc2c(c1O)C(=O)C[C@H](c1ccccc1)O2. The molecule has 0 saturated carbocycles. The lowest BCUT2D eigenvalue weighted by Gasteiger charge is -2.27. The van der Waals surface area contributed by atoms with Crippen LogP contribution < -0.4 is 4.74 Å². The minimum atomic E-state index is -0.409. The molecule has 0 spiro atoms. The van der Waals surface area contributed by atoms with Gasteiger partial charge in [0.05, 0.1) is 6.42 Å². The quantitative estimate of drug-likeness (QED) is 0.826. The Labute approximate surface area is 141 Å². The van der Waals surface area contributed by atoms with Crippen molar-refractivity contribution in [2.24, 2.45) is 0 Å². The average Bonchev–Trinajstić information content (AvgIpc) is 2.54. The van der Waals surface area contributed by atoms with E-state index in [0.29, 0.717) is 12.0 Å². The number of phenolic OH excluding ortho intramolecular Hbond substituents is 2. The van der Waals surface area contributed by atoms with Crippen molar-refractivity contribution in [3.63, 3.8) is 0 Å². The van der Waals surface area contributed by atoms with E-state index < -0.39 is 6.10 Å². The summed E-state index contributed by atoms with van der Waals surface area (Å²) in [5.74, 6) is -0.193. The third kappa shape index (κ3) is 3.00. The zero-order valence-electron chi connectivity index (χ0n) is 13.7. The fraction of sp³-hybridized carbons (Fsp3) is 0.250. The number of carbonyl (C=O) groups is 1. The molecule has 0 aromatic heterocycles. The Morgan fingerprint density at radius 1 is 1.25 bits per heavy atom. The molecule has 0 aliphatic carbocycles. The first-order valence-corrected chi connectivity index (χ1v) is 7.93. The van der Waals surface area contributed by atoms with Crippen LogP contribution in [0.25, 0.3) is 0 Å². The molecule has 2 N–H and O–H groups in total. The predicted molar refractivity (Wildman–Crippen MR) is 91.7 cm³/mol. The summed E-state index contributed by atoms with van der Waals surface area (Å²) in [6.07, 6.45) is 2.01. The molecule has 1 aliphatic rings. The lowest BCUT2D eigenvalue weighted by Crippen LogP contribution is -2.20. The van der Waals surface area contributed by atoms with Gasteiger partial charge in [0.1, 0.15) is 28.9 Å². The summed E-state index contributed by atoms with van der Waals surface area (Å²) in [5, 5.41) is 20.7. The molecule has 0 amide bonds. The van der Waals surface area contributed by atoms with Crippen LogP contribution in [0.5, 0.6) is 17.2 Å². The van der Waals surface area contributed by atoms with Crippen molar-refractivity contribution < 1.29 is 19.7 Å². The zero-order valence-corrected chi connectivity index (χ0v) is 13.7. The van der Waals surface area contributed by atoms with Gasteiger partial charge >= 0.3 is 0 Å². The van der Waals surface area contributed by atoms with Gasteiger partial charge in [-0.05, 0) is 25.8 Å². The van der Waals surface area contributed by atoms with Crippen LogP contribution in [-0.2, 0) is 6.42 Å². The molecule has 0 saturated heterocycles. The van der Waals surface area contributed by atoms with Crippen LogP contribution in [-0.4, -0.2) is 16.0 Å². The second-order valence-corrected chi connectivity index (χ2v) is 6.23. The number of ketones is 1. The molecule has 1 aliphatic heterocycles. The lowest BCUT2D eigenvalue weighted by molar-refractivity contribution is 0.0844. The molecule has 0 bridgehead atoms. The second-order valence-electron chi connectivity index (χ2n) is 6.23. The summed E-state index contributed by atoms with van der Waals surface area (Å²) in [4.78, 5) is 12.6. The third-order valence-electron chi connectivity index (χ3n) is 4.15. The first-order chi connectivity index (χ1) is 11.5. The Hall–Kier alpha value is -2.75. The smallest absolute Gasteiger partial charge is 0.174 e. The van der Waals surface area contributed by atoms with Gasteiger partial charge in [-0.25, -0.2) is 0 Å². The lowest BCUT2D eigenvalue weighted by atomic mass is 9.93. The average molecular weight is 324 g/mol. The molecule has 0 radical (unpaired) electrons. The highest BCUT2D eigenvalue weighted by Gasteiger charge is 2.32. The predicted octanol–water partition coefficient (Wildman–Crippen LogP) is 4.31. The van der Waals surface area contributed by atoms with E-state index in [9.17, 15) is 15.0 Å². The van der Waals surface area contributed by atoms with Gasteiger partial charge in [-0.3, -0.25) is 4.79 Å². The fourth-order valence-electron chi connectivity index (χ4n) is 2.86. The maximum atomic E-state index is 12.6. The number of benzene rings is 2. The highest BCUT2D eigenvalue weighted by molar-refractivity contribution is 6.03. The fourth-order valence-corrected chi connectivity index (χ4v) is 2.86. The highest BCUT2D eigenvalue weighted by atomic mass is 16.5. The van der Waals surface area contributed by atoms with Crippen molar-refractivity contribution in [3.8, 4) is 17.2 Å². The van der Waals surface area contributed by atoms with Crippen molar-refractivity contribution >= 4 is 5.78 Å². The van der Waals surface area contributed by atoms with Crippen molar-refractivity contribution in [1.82, 2.24) is 0 Å². The van der Waals surface area contributed by atoms with Crippen molar-refractivity contribution in [2.45, 2.75) is 32.8 Å². The van der Waals surface area contributed by atoms with E-state index in [1.54, 1.807) is 0 Å². The summed E-state index contributed by atoms with van der Waals surface area (Å²) in [5.41, 5.74) is 2.48. The Morgan fingerprint density at radius 3 is 2.62 bits per heavy atom. The number of hydrogen-bond donors (Lipinski definition) is 2. The van der Waals surface area contributed by atoms with Crippen LogP contribution in [0, 0.1) is 0 Å². The standard InChI is InChI=1S/C20H20O4/c1-12(2)8-9-14-15(21)10-18-19(20(14)23)16(22)11-17(24-18)13-6-4-3-5-7-13/h3-8,10,17,21,23H,9,11H2,1-2H3/t17-/m1/s1. The molecule has 4 heteroatoms. The number of rotatable bonds is 3. The van der Waals surface area contributed by atoms with E-state index in [0.717, 1.165) is 11.1 Å². The summed E-state index contributed by atoms with van der Waals surface area (Å²) in [6, 6.07) is 10.9. The van der Waals surface area contributed by atoms with E-state index in [-0.39, 0.29) is 35.0 Å². The summed E-state index contributed by atoms with van der Waals surface area (Å²) in [6.45, 7) is 3.87. The number of carbonyl (C=O) groups excluding carboxylic acids is 1. The van der Waals surface area contributed by atoms with E-state index in [2.05, 4.69) is 0 Å². The monoisotopic (exact) mass is 324 g/mol. The third-order valence-corrected chi connectivity index (χ3v) is 4.15. The molecule has 124 valence electrons. The zero-order chi connectivity index (χ0) is 17.3. The van der Waals surface area contributed by atoms with Gasteiger partial charge in [-0.1, -0.05) is 42.0 Å². The molecule has 2 aromatic rings. The summed E-state index contributed by atoms with van der Waals surface area (Å²) in [7, 11) is 0. The molecule has 24 heavy (non-hydrogen) atoms. The molecule has 2 aromatic carbocycles. The van der Waals surface area contributed by atoms with E-state index in [4.69, 9.17) is 4.74 Å². The Bertz CT molecular complexity index is 802. The molecular weight excluding hydrogens is 304 g/mol. The Balaban J connectivity index is 2.00. The summed E-state index contributed by atoms with van der Waals surface area (Å²) < 4.78 is 5.87. The van der Waals surface area contributed by atoms with Crippen LogP contribution in [0.1, 0.15) is 47.9 Å². The van der Waals surface area contributed by atoms with Crippen molar-refractivity contribution in [2.75, 3.05) is 0 Å². The van der Waals surface area contributed by atoms with Crippen LogP contribution >= 0.6 is 0 Å². The number of allylic oxidation sites excluding steroid dienone is 2. The summed E-state index contributed by atoms with van der Waals surface area (Å²) >= 11 is 0. The van der Waals surface area contributed by atoms with Gasteiger partial charge in [-0.15, -0.1) is 0 Å². The normalized spacial score (nSPS) is 16.2. The minimum Gasteiger partial charge on any atom is -0.507 e. The minimum absolute atomic E-state index is 0.0646. The van der Waals surface area contributed by atoms with Gasteiger partial charge in [0.2, 0.25) is 0 Å².